The molecular formula is C15H19NO3S2. The van der Waals surface area contributed by atoms with Crippen molar-refractivity contribution in [3.63, 3.8) is 0 Å². The van der Waals surface area contributed by atoms with Gasteiger partial charge in [0.25, 0.3) is 0 Å². The molecule has 0 amide bonds. The second-order valence-electron chi connectivity index (χ2n) is 4.84. The van der Waals surface area contributed by atoms with Gasteiger partial charge in [0.05, 0.1) is 11.5 Å². The number of aliphatic hydroxyl groups is 1. The summed E-state index contributed by atoms with van der Waals surface area (Å²) < 4.78 is 26.7. The first-order chi connectivity index (χ1) is 10.0. The van der Waals surface area contributed by atoms with Gasteiger partial charge in [-0.15, -0.1) is 0 Å². The van der Waals surface area contributed by atoms with Crippen LogP contribution in [0.4, 0.5) is 0 Å². The summed E-state index contributed by atoms with van der Waals surface area (Å²) in [6.45, 7) is 3.21. The van der Waals surface area contributed by atoms with Crippen LogP contribution in [0.1, 0.15) is 18.9 Å². The maximum Gasteiger partial charge on any atom is 0.243 e. The molecule has 2 rings (SSSR count). The summed E-state index contributed by atoms with van der Waals surface area (Å²) in [5.74, 6) is 6.54. The quantitative estimate of drug-likeness (QED) is 0.857. The second kappa shape index (κ2) is 7.32. The number of nitrogens with zero attached hydrogens (tertiary/aromatic N) is 1. The Labute approximate surface area is 130 Å². The van der Waals surface area contributed by atoms with Gasteiger partial charge in [0, 0.05) is 36.1 Å². The fourth-order valence-corrected chi connectivity index (χ4v) is 4.84. The molecule has 1 saturated heterocycles. The van der Waals surface area contributed by atoms with E-state index in [2.05, 4.69) is 11.8 Å². The van der Waals surface area contributed by atoms with Gasteiger partial charge in [-0.1, -0.05) is 18.8 Å². The number of aliphatic hydroxyl groups excluding tert-OH is 1. The Morgan fingerprint density at radius 2 is 2.10 bits per heavy atom. The van der Waals surface area contributed by atoms with Gasteiger partial charge in [-0.2, -0.15) is 16.1 Å². The Kier molecular flexibility index (Phi) is 5.71. The van der Waals surface area contributed by atoms with Crippen LogP contribution in [0, 0.1) is 11.8 Å². The van der Waals surface area contributed by atoms with Crippen molar-refractivity contribution in [2.45, 2.75) is 23.5 Å². The fraction of sp³-hybridized carbons (Fsp3) is 0.467. The average Bonchev–Trinajstić information content (AvgIpc) is 2.48. The van der Waals surface area contributed by atoms with Crippen molar-refractivity contribution in [3.8, 4) is 11.8 Å². The smallest absolute Gasteiger partial charge is 0.243 e. The van der Waals surface area contributed by atoms with Gasteiger partial charge in [0.15, 0.2) is 0 Å². The van der Waals surface area contributed by atoms with Gasteiger partial charge in [-0.25, -0.2) is 8.42 Å². The summed E-state index contributed by atoms with van der Waals surface area (Å²) >= 11 is 1.80. The molecule has 0 aliphatic carbocycles. The Balaban J connectivity index is 2.15. The topological polar surface area (TPSA) is 57.6 Å². The summed E-state index contributed by atoms with van der Waals surface area (Å²) in [4.78, 5) is 0.314. The first-order valence-electron chi connectivity index (χ1n) is 6.85. The zero-order chi connectivity index (χ0) is 15.3. The lowest BCUT2D eigenvalue weighted by molar-refractivity contribution is 0.305. The summed E-state index contributed by atoms with van der Waals surface area (Å²) in [7, 11) is -3.41. The van der Waals surface area contributed by atoms with E-state index in [1.807, 2.05) is 6.92 Å². The van der Waals surface area contributed by atoms with Gasteiger partial charge in [-0.05, 0) is 24.3 Å². The molecule has 1 aliphatic heterocycles. The minimum atomic E-state index is -3.41. The van der Waals surface area contributed by atoms with Crippen molar-refractivity contribution in [1.29, 1.82) is 0 Å². The minimum absolute atomic E-state index is 0.0324. The maximum absolute atomic E-state index is 12.6. The molecule has 0 saturated carbocycles. The Morgan fingerprint density at radius 3 is 2.71 bits per heavy atom. The lowest BCUT2D eigenvalue weighted by atomic mass is 10.2. The zero-order valence-corrected chi connectivity index (χ0v) is 13.6. The van der Waals surface area contributed by atoms with Crippen LogP contribution in [0.5, 0.6) is 0 Å². The van der Waals surface area contributed by atoms with Crippen LogP contribution in [0.2, 0.25) is 0 Å². The summed E-state index contributed by atoms with van der Waals surface area (Å²) in [6, 6.07) is 6.62. The van der Waals surface area contributed by atoms with Crippen LogP contribution in [-0.4, -0.2) is 48.5 Å². The molecule has 1 N–H and O–H groups in total. The van der Waals surface area contributed by atoms with Crippen molar-refractivity contribution in [2.75, 3.05) is 25.4 Å². The molecule has 1 heterocycles. The molecule has 0 bridgehead atoms. The maximum atomic E-state index is 12.6. The molecule has 0 spiro atoms. The highest BCUT2D eigenvalue weighted by molar-refractivity contribution is 8.00. The molecule has 1 unspecified atom stereocenters. The minimum Gasteiger partial charge on any atom is -0.395 e. The van der Waals surface area contributed by atoms with Crippen LogP contribution in [0.3, 0.4) is 0 Å². The lowest BCUT2D eigenvalue weighted by Gasteiger charge is -2.29. The third kappa shape index (κ3) is 4.24. The van der Waals surface area contributed by atoms with Crippen molar-refractivity contribution in [2.24, 2.45) is 0 Å². The van der Waals surface area contributed by atoms with Crippen molar-refractivity contribution >= 4 is 21.8 Å². The third-order valence-electron chi connectivity index (χ3n) is 3.17. The van der Waals surface area contributed by atoms with E-state index in [0.29, 0.717) is 29.7 Å². The van der Waals surface area contributed by atoms with Crippen LogP contribution in [-0.2, 0) is 10.0 Å². The van der Waals surface area contributed by atoms with E-state index in [1.54, 1.807) is 40.3 Å². The number of hydrogen-bond donors (Lipinski definition) is 1. The number of thioether (sulfide) groups is 1. The Hall–Kier alpha value is -1.00. The van der Waals surface area contributed by atoms with Crippen molar-refractivity contribution in [3.05, 3.63) is 29.8 Å². The number of sulfonamides is 1. The molecule has 114 valence electrons. The molecule has 1 aromatic carbocycles. The molecule has 1 atom stereocenters. The largest absolute Gasteiger partial charge is 0.395 e. The van der Waals surface area contributed by atoms with Gasteiger partial charge in [-0.3, -0.25) is 0 Å². The number of rotatable bonds is 3. The fourth-order valence-electron chi connectivity index (χ4n) is 2.08. The van der Waals surface area contributed by atoms with Gasteiger partial charge >= 0.3 is 0 Å². The predicted octanol–water partition coefficient (Wildman–Crippen LogP) is 1.55. The summed E-state index contributed by atoms with van der Waals surface area (Å²) in [6.07, 6.45) is 0.420. The molecule has 1 aliphatic rings. The summed E-state index contributed by atoms with van der Waals surface area (Å²) in [5.41, 5.74) is 0.755. The second-order valence-corrected chi connectivity index (χ2v) is 8.33. The van der Waals surface area contributed by atoms with Crippen LogP contribution >= 0.6 is 11.8 Å². The first kappa shape index (κ1) is 16.4. The molecular weight excluding hydrogens is 306 g/mol. The Morgan fingerprint density at radius 1 is 1.38 bits per heavy atom. The van der Waals surface area contributed by atoms with Gasteiger partial charge in [0.1, 0.15) is 0 Å². The van der Waals surface area contributed by atoms with E-state index in [-0.39, 0.29) is 6.61 Å². The van der Waals surface area contributed by atoms with E-state index in [0.717, 1.165) is 11.3 Å². The number of hydrogen-bond acceptors (Lipinski definition) is 4. The molecule has 1 aromatic rings. The highest BCUT2D eigenvalue weighted by Crippen LogP contribution is 2.24. The van der Waals surface area contributed by atoms with E-state index in [9.17, 15) is 8.42 Å². The first-order valence-corrected chi connectivity index (χ1v) is 9.34. The third-order valence-corrected chi connectivity index (χ3v) is 6.18. The molecule has 0 radical (unpaired) electrons. The van der Waals surface area contributed by atoms with Crippen molar-refractivity contribution in [1.82, 2.24) is 4.31 Å². The molecule has 4 nitrogen and oxygen atoms in total. The molecule has 21 heavy (non-hydrogen) atoms. The SMILES string of the molecule is CC1CN(S(=O)(=O)c2ccc(C#CCCO)cc2)CCS1. The molecule has 6 heteroatoms. The van der Waals surface area contributed by atoms with Crippen LogP contribution in [0.15, 0.2) is 29.2 Å². The van der Waals surface area contributed by atoms with E-state index in [4.69, 9.17) is 5.11 Å². The van der Waals surface area contributed by atoms with Gasteiger partial charge < -0.3 is 5.11 Å². The zero-order valence-electron chi connectivity index (χ0n) is 11.9. The highest BCUT2D eigenvalue weighted by atomic mass is 32.2. The Bertz CT molecular complexity index is 629. The highest BCUT2D eigenvalue weighted by Gasteiger charge is 2.28. The van der Waals surface area contributed by atoms with Crippen LogP contribution in [0.25, 0.3) is 0 Å². The average molecular weight is 325 g/mol. The van der Waals surface area contributed by atoms with E-state index >= 15 is 0 Å². The predicted molar refractivity (Wildman–Crippen MR) is 85.7 cm³/mol. The molecule has 0 aromatic heterocycles. The number of benzene rings is 1. The van der Waals surface area contributed by atoms with Crippen molar-refractivity contribution < 1.29 is 13.5 Å². The van der Waals surface area contributed by atoms with Gasteiger partial charge in [0.2, 0.25) is 10.0 Å². The lowest BCUT2D eigenvalue weighted by Crippen LogP contribution is -2.40. The standard InChI is InChI=1S/C15H19NO3S2/c1-13-12-16(9-11-20-13)21(18,19)15-7-5-14(6-8-15)4-2-3-10-17/h5-8,13,17H,3,9-12H2,1H3. The van der Waals surface area contributed by atoms with E-state index in [1.165, 1.54) is 0 Å². The normalized spacial score (nSPS) is 19.8. The molecule has 1 fully saturated rings. The monoisotopic (exact) mass is 325 g/mol. The van der Waals surface area contributed by atoms with Crippen LogP contribution < -0.4 is 0 Å². The van der Waals surface area contributed by atoms with E-state index < -0.39 is 10.0 Å². The summed E-state index contributed by atoms with van der Waals surface area (Å²) in [5, 5.41) is 9.00.